The van der Waals surface area contributed by atoms with E-state index in [1.807, 2.05) is 59.7 Å². The number of nitrogens with zero attached hydrogens (tertiary/aromatic N) is 3. The number of allylic oxidation sites excluding steroid dienone is 2. The lowest BCUT2D eigenvalue weighted by molar-refractivity contribution is -0.110. The van der Waals surface area contributed by atoms with Gasteiger partial charge in [-0.05, 0) is 51.8 Å². The first-order chi connectivity index (χ1) is 19.0. The number of rotatable bonds is 3. The van der Waals surface area contributed by atoms with Gasteiger partial charge in [0.25, 0.3) is 5.56 Å². The maximum Gasteiger partial charge on any atom is 0.272 e. The number of aromatic nitrogens is 2. The van der Waals surface area contributed by atoms with Crippen LogP contribution in [0.2, 0.25) is 0 Å². The Morgan fingerprint density at radius 2 is 1.72 bits per heavy atom. The molecule has 5 rings (SSSR count). The van der Waals surface area contributed by atoms with E-state index in [0.717, 1.165) is 37.2 Å². The van der Waals surface area contributed by atoms with Gasteiger partial charge in [0.1, 0.15) is 12.1 Å². The molecular formula is C31H51FN4O3. The molecule has 8 heteroatoms. The average molecular weight is 547 g/mol. The molecule has 1 N–H and O–H groups in total. The Labute approximate surface area is 234 Å². The van der Waals surface area contributed by atoms with Crippen molar-refractivity contribution < 1.29 is 13.9 Å². The van der Waals surface area contributed by atoms with Crippen LogP contribution in [-0.4, -0.2) is 78.8 Å². The second-order valence-electron chi connectivity index (χ2n) is 9.44. The zero-order chi connectivity index (χ0) is 29.4. The van der Waals surface area contributed by atoms with Crippen LogP contribution in [0.25, 0.3) is 10.8 Å². The first kappa shape index (κ1) is 34.6. The summed E-state index contributed by atoms with van der Waals surface area (Å²) in [4.78, 5) is 27.4. The molecule has 4 unspecified atom stereocenters. The van der Waals surface area contributed by atoms with Crippen molar-refractivity contribution in [3.8, 4) is 0 Å². The minimum atomic E-state index is -0.606. The van der Waals surface area contributed by atoms with Crippen LogP contribution in [0.1, 0.15) is 66.5 Å². The molecule has 220 valence electrons. The van der Waals surface area contributed by atoms with Crippen LogP contribution in [0, 0.1) is 11.8 Å². The number of nitrogens with one attached hydrogen (secondary N) is 1. The van der Waals surface area contributed by atoms with E-state index < -0.39 is 5.92 Å². The van der Waals surface area contributed by atoms with Crippen molar-refractivity contribution >= 4 is 17.1 Å². The predicted octanol–water partition coefficient (Wildman–Crippen LogP) is 5.64. The second-order valence-corrected chi connectivity index (χ2v) is 9.44. The number of carbonyl (C=O) groups excluding carboxylic acids is 1. The van der Waals surface area contributed by atoms with Crippen LogP contribution >= 0.6 is 0 Å². The molecule has 4 atom stereocenters. The van der Waals surface area contributed by atoms with E-state index in [9.17, 15) is 14.0 Å². The standard InChI is InChI=1S/C17H17FN2O2.C8H16N2O.3C2H6/c18-15-8-6-11(5-7-12(15)10-21)9-16-13-3-1-2-4-14(13)17(22)20-19-16;1-9-5-7-8(6-9)11-4-3-10(7)2;3*1-2/h1-4,8,10-12H,5-7,9H2,(H,20,22);7-8H,3-6H2,1-2H3;3*1-2H3. The Bertz CT molecular complexity index is 1060. The topological polar surface area (TPSA) is 78.5 Å². The highest BCUT2D eigenvalue weighted by Gasteiger charge is 2.36. The normalized spacial score (nSPS) is 24.5. The molecule has 7 nitrogen and oxygen atoms in total. The van der Waals surface area contributed by atoms with E-state index in [0.29, 0.717) is 43.1 Å². The fourth-order valence-corrected chi connectivity index (χ4v) is 5.06. The predicted molar refractivity (Wildman–Crippen MR) is 160 cm³/mol. The van der Waals surface area contributed by atoms with E-state index in [-0.39, 0.29) is 17.3 Å². The van der Waals surface area contributed by atoms with Crippen LogP contribution in [0.3, 0.4) is 0 Å². The average Bonchev–Trinajstić information content (AvgIpc) is 3.29. The summed E-state index contributed by atoms with van der Waals surface area (Å²) in [5, 5.41) is 8.15. The molecular weight excluding hydrogens is 495 g/mol. The third-order valence-corrected chi connectivity index (χ3v) is 7.07. The summed E-state index contributed by atoms with van der Waals surface area (Å²) >= 11 is 0. The zero-order valence-electron chi connectivity index (χ0n) is 25.4. The number of ether oxygens (including phenoxy) is 1. The smallest absolute Gasteiger partial charge is 0.272 e. The van der Waals surface area contributed by atoms with Gasteiger partial charge in [-0.2, -0.15) is 5.10 Å². The van der Waals surface area contributed by atoms with Gasteiger partial charge in [-0.25, -0.2) is 9.49 Å². The maximum absolute atomic E-state index is 13.7. The highest BCUT2D eigenvalue weighted by molar-refractivity contribution is 5.83. The molecule has 39 heavy (non-hydrogen) atoms. The molecule has 0 bridgehead atoms. The Balaban J connectivity index is 0.000000375. The number of aldehydes is 1. The number of aromatic amines is 1. The molecule has 2 saturated heterocycles. The molecule has 3 heterocycles. The number of morpholine rings is 1. The van der Waals surface area contributed by atoms with Crippen LogP contribution in [-0.2, 0) is 16.0 Å². The number of likely N-dealkylation sites (tertiary alicyclic amines) is 1. The van der Waals surface area contributed by atoms with Crippen molar-refractivity contribution in [2.45, 2.75) is 79.4 Å². The van der Waals surface area contributed by atoms with Crippen molar-refractivity contribution in [3.05, 3.63) is 52.2 Å². The van der Waals surface area contributed by atoms with Crippen LogP contribution < -0.4 is 5.56 Å². The number of hydrogen-bond acceptors (Lipinski definition) is 6. The number of benzene rings is 1. The molecule has 0 radical (unpaired) electrons. The number of fused-ring (bicyclic) bond motifs is 2. The Morgan fingerprint density at radius 3 is 2.36 bits per heavy atom. The van der Waals surface area contributed by atoms with Crippen LogP contribution in [0.4, 0.5) is 4.39 Å². The lowest BCUT2D eigenvalue weighted by atomic mass is 9.92. The van der Waals surface area contributed by atoms with Gasteiger partial charge in [-0.15, -0.1) is 0 Å². The molecule has 2 fully saturated rings. The Kier molecular flexibility index (Phi) is 16.7. The molecule has 3 aliphatic rings. The molecule has 2 aromatic rings. The Hall–Kier alpha value is -2.42. The van der Waals surface area contributed by atoms with Gasteiger partial charge in [0, 0.05) is 31.1 Å². The zero-order valence-corrected chi connectivity index (χ0v) is 25.4. The van der Waals surface area contributed by atoms with Crippen LogP contribution in [0.15, 0.2) is 41.0 Å². The molecule has 1 aliphatic carbocycles. The van der Waals surface area contributed by atoms with Gasteiger partial charge in [0.2, 0.25) is 0 Å². The molecule has 0 saturated carbocycles. The molecule has 1 aromatic heterocycles. The van der Waals surface area contributed by atoms with Gasteiger partial charge in [-0.3, -0.25) is 9.69 Å². The summed E-state index contributed by atoms with van der Waals surface area (Å²) in [7, 11) is 4.36. The minimum absolute atomic E-state index is 0.202. The number of H-pyrrole nitrogens is 1. The van der Waals surface area contributed by atoms with Crippen molar-refractivity contribution in [1.29, 1.82) is 0 Å². The highest BCUT2D eigenvalue weighted by atomic mass is 19.1. The van der Waals surface area contributed by atoms with Crippen molar-refractivity contribution in [1.82, 2.24) is 20.0 Å². The SMILES string of the molecule is CC.CC.CC.CN1CC2OCCN(C)C2C1.O=CC1CCC(Cc2n[nH]c(=O)c3ccccc23)CC=C1F. The fraction of sp³-hybridized carbons (Fsp3) is 0.645. The van der Waals surface area contributed by atoms with Gasteiger partial charge in [0.05, 0.1) is 29.7 Å². The number of halogens is 1. The van der Waals surface area contributed by atoms with E-state index >= 15 is 0 Å². The largest absolute Gasteiger partial charge is 0.374 e. The first-order valence-electron chi connectivity index (χ1n) is 14.7. The quantitative estimate of drug-likeness (QED) is 0.502. The lowest BCUT2D eigenvalue weighted by Gasteiger charge is -2.33. The van der Waals surface area contributed by atoms with Crippen molar-refractivity contribution in [3.63, 3.8) is 0 Å². The summed E-state index contributed by atoms with van der Waals surface area (Å²) in [6, 6.07) is 8.00. The Morgan fingerprint density at radius 1 is 1.05 bits per heavy atom. The number of hydrogen-bond donors (Lipinski definition) is 1. The van der Waals surface area contributed by atoms with Gasteiger partial charge < -0.3 is 14.4 Å². The molecule has 2 aliphatic heterocycles. The third-order valence-electron chi connectivity index (χ3n) is 7.07. The monoisotopic (exact) mass is 546 g/mol. The summed E-state index contributed by atoms with van der Waals surface area (Å²) in [6.45, 7) is 16.3. The van der Waals surface area contributed by atoms with Gasteiger partial charge >= 0.3 is 0 Å². The fourth-order valence-electron chi connectivity index (χ4n) is 5.06. The minimum Gasteiger partial charge on any atom is -0.374 e. The van der Waals surface area contributed by atoms with E-state index in [1.165, 1.54) is 12.6 Å². The summed E-state index contributed by atoms with van der Waals surface area (Å²) in [6.07, 6.45) is 5.21. The van der Waals surface area contributed by atoms with E-state index in [4.69, 9.17) is 4.74 Å². The van der Waals surface area contributed by atoms with Gasteiger partial charge in [-0.1, -0.05) is 65.8 Å². The maximum atomic E-state index is 13.7. The summed E-state index contributed by atoms with van der Waals surface area (Å²) in [5.74, 6) is -0.709. The van der Waals surface area contributed by atoms with Crippen molar-refractivity contribution in [2.24, 2.45) is 11.8 Å². The summed E-state index contributed by atoms with van der Waals surface area (Å²) in [5.41, 5.74) is 0.616. The second kappa shape index (κ2) is 18.8. The van der Waals surface area contributed by atoms with Crippen LogP contribution in [0.5, 0.6) is 0 Å². The van der Waals surface area contributed by atoms with Gasteiger partial charge in [0.15, 0.2) is 0 Å². The molecule has 0 spiro atoms. The van der Waals surface area contributed by atoms with E-state index in [2.05, 4.69) is 34.1 Å². The summed E-state index contributed by atoms with van der Waals surface area (Å²) < 4.78 is 19.4. The molecule has 1 aromatic carbocycles. The lowest BCUT2D eigenvalue weighted by Crippen LogP contribution is -2.48. The third kappa shape index (κ3) is 9.92. The van der Waals surface area contributed by atoms with E-state index in [1.54, 1.807) is 6.07 Å². The number of likely N-dealkylation sites (N-methyl/N-ethyl adjacent to an activating group) is 2. The molecule has 0 amide bonds. The van der Waals surface area contributed by atoms with Crippen molar-refractivity contribution in [2.75, 3.05) is 40.3 Å². The number of carbonyl (C=O) groups is 1. The highest BCUT2D eigenvalue weighted by Crippen LogP contribution is 2.30. The first-order valence-corrected chi connectivity index (χ1v) is 14.7.